The van der Waals surface area contributed by atoms with Gasteiger partial charge in [-0.05, 0) is 47.9 Å². The van der Waals surface area contributed by atoms with Gasteiger partial charge in [0.15, 0.2) is 6.79 Å². The Morgan fingerprint density at radius 3 is 2.19 bits per heavy atom. The lowest BCUT2D eigenvalue weighted by Gasteiger charge is -2.16. The largest absolute Gasteiger partial charge is 0.465 e. The summed E-state index contributed by atoms with van der Waals surface area (Å²) < 4.78 is 20.4. The maximum Gasteiger partial charge on any atom is 0.189 e. The van der Waals surface area contributed by atoms with E-state index in [-0.39, 0.29) is 6.79 Å². The molecule has 0 unspecified atom stereocenters. The quantitative estimate of drug-likeness (QED) is 0.183. The van der Waals surface area contributed by atoms with Crippen molar-refractivity contribution < 1.29 is 14.2 Å². The predicted molar refractivity (Wildman–Crippen MR) is 136 cm³/mol. The highest BCUT2D eigenvalue weighted by atomic mass is 79.9. The normalized spacial score (nSPS) is 12.4. The van der Waals surface area contributed by atoms with Crippen LogP contribution in [0.3, 0.4) is 0 Å². The Labute approximate surface area is 197 Å². The Bertz CT molecular complexity index is 861. The zero-order chi connectivity index (χ0) is 23.2. The topological polar surface area (TPSA) is 58.4 Å². The minimum absolute atomic E-state index is 0.210. The minimum Gasteiger partial charge on any atom is -0.465 e. The summed E-state index contributed by atoms with van der Waals surface area (Å²) in [6, 6.07) is 4.19. The molecule has 0 N–H and O–H groups in total. The van der Waals surface area contributed by atoms with Gasteiger partial charge in [-0.3, -0.25) is 4.98 Å². The SMILES string of the molecule is Cc1nn(COCC[Si](C)(C)C)c(C)c1-c1ncc(Br)cc1OCOCC[Si](C)(C)C. The first-order chi connectivity index (χ1) is 14.4. The number of ether oxygens (including phenoxy) is 3. The fourth-order valence-corrected chi connectivity index (χ4v) is 4.78. The van der Waals surface area contributed by atoms with Gasteiger partial charge in [0.2, 0.25) is 0 Å². The van der Waals surface area contributed by atoms with Crippen LogP contribution in [0.15, 0.2) is 16.7 Å². The first-order valence-electron chi connectivity index (χ1n) is 10.9. The van der Waals surface area contributed by atoms with Gasteiger partial charge in [0, 0.05) is 51.3 Å². The van der Waals surface area contributed by atoms with Gasteiger partial charge in [0.1, 0.15) is 18.2 Å². The monoisotopic (exact) mass is 527 g/mol. The van der Waals surface area contributed by atoms with Gasteiger partial charge in [0.25, 0.3) is 0 Å². The summed E-state index contributed by atoms with van der Waals surface area (Å²) in [6.07, 6.45) is 1.79. The number of hydrogen-bond donors (Lipinski definition) is 0. The molecule has 2 rings (SSSR count). The van der Waals surface area contributed by atoms with E-state index in [0.717, 1.165) is 52.4 Å². The van der Waals surface area contributed by atoms with E-state index in [4.69, 9.17) is 14.2 Å². The molecule has 0 aliphatic rings. The Balaban J connectivity index is 2.10. The molecule has 0 fully saturated rings. The van der Waals surface area contributed by atoms with E-state index in [1.54, 1.807) is 6.20 Å². The van der Waals surface area contributed by atoms with E-state index in [2.05, 4.69) is 72.2 Å². The highest BCUT2D eigenvalue weighted by Gasteiger charge is 2.20. The summed E-state index contributed by atoms with van der Waals surface area (Å²) in [6.45, 7) is 20.3. The molecule has 31 heavy (non-hydrogen) atoms. The van der Waals surface area contributed by atoms with Crippen LogP contribution in [0, 0.1) is 13.8 Å². The average molecular weight is 529 g/mol. The van der Waals surface area contributed by atoms with E-state index in [0.29, 0.717) is 12.5 Å². The van der Waals surface area contributed by atoms with E-state index in [1.807, 2.05) is 17.7 Å². The third-order valence-electron chi connectivity index (χ3n) is 4.94. The fraction of sp³-hybridized carbons (Fsp3) is 0.636. The molecule has 0 aromatic carbocycles. The van der Waals surface area contributed by atoms with Crippen LogP contribution in [0.2, 0.25) is 51.4 Å². The first-order valence-corrected chi connectivity index (χ1v) is 19.1. The van der Waals surface area contributed by atoms with Gasteiger partial charge >= 0.3 is 0 Å². The summed E-state index contributed by atoms with van der Waals surface area (Å²) >= 11 is 3.50. The van der Waals surface area contributed by atoms with Gasteiger partial charge in [0.05, 0.1) is 5.69 Å². The van der Waals surface area contributed by atoms with Gasteiger partial charge < -0.3 is 14.2 Å². The summed E-state index contributed by atoms with van der Waals surface area (Å²) in [5.41, 5.74) is 3.69. The highest BCUT2D eigenvalue weighted by Crippen LogP contribution is 2.34. The molecule has 0 bridgehead atoms. The Morgan fingerprint density at radius 1 is 0.968 bits per heavy atom. The zero-order valence-electron chi connectivity index (χ0n) is 20.3. The summed E-state index contributed by atoms with van der Waals surface area (Å²) in [4.78, 5) is 4.64. The van der Waals surface area contributed by atoms with Crippen molar-refractivity contribution in [2.75, 3.05) is 20.0 Å². The third-order valence-corrected chi connectivity index (χ3v) is 8.78. The highest BCUT2D eigenvalue weighted by molar-refractivity contribution is 9.10. The molecule has 0 amide bonds. The van der Waals surface area contributed by atoms with E-state index in [9.17, 15) is 0 Å². The lowest BCUT2D eigenvalue weighted by molar-refractivity contribution is 0.0222. The maximum absolute atomic E-state index is 5.98. The smallest absolute Gasteiger partial charge is 0.189 e. The number of halogens is 1. The lowest BCUT2D eigenvalue weighted by atomic mass is 10.1. The molecule has 0 saturated heterocycles. The van der Waals surface area contributed by atoms with Crippen molar-refractivity contribution in [3.63, 3.8) is 0 Å². The first kappa shape index (κ1) is 26.2. The van der Waals surface area contributed by atoms with Crippen LogP contribution in [0.1, 0.15) is 11.4 Å². The van der Waals surface area contributed by atoms with Crippen molar-refractivity contribution in [1.82, 2.24) is 14.8 Å². The van der Waals surface area contributed by atoms with E-state index >= 15 is 0 Å². The number of hydrogen-bond acceptors (Lipinski definition) is 5. The molecule has 2 heterocycles. The van der Waals surface area contributed by atoms with Crippen molar-refractivity contribution in [2.24, 2.45) is 0 Å². The standard InChI is InChI=1S/C22H38BrN3O3Si2/c1-17-21(18(2)26(25-17)15-27-9-11-30(3,4)5)22-20(13-19(23)14-24-22)29-16-28-10-12-31(6,7)8/h13-14H,9-12,15-16H2,1-8H3. The molecule has 0 saturated carbocycles. The molecule has 2 aromatic heterocycles. The molecular formula is C22H38BrN3O3Si2. The molecule has 174 valence electrons. The minimum atomic E-state index is -1.12. The second-order valence-corrected chi connectivity index (χ2v) is 22.5. The molecule has 9 heteroatoms. The lowest BCUT2D eigenvalue weighted by Crippen LogP contribution is -2.22. The molecule has 0 aliphatic heterocycles. The summed E-state index contributed by atoms with van der Waals surface area (Å²) in [5, 5.41) is 4.69. The van der Waals surface area contributed by atoms with Crippen LogP contribution in [0.5, 0.6) is 5.75 Å². The third kappa shape index (κ3) is 8.80. The fourth-order valence-electron chi connectivity index (χ4n) is 2.96. The van der Waals surface area contributed by atoms with Gasteiger partial charge in [-0.25, -0.2) is 4.68 Å². The molecular weight excluding hydrogens is 490 g/mol. The zero-order valence-corrected chi connectivity index (χ0v) is 23.9. The Kier molecular flexibility index (Phi) is 9.50. The van der Waals surface area contributed by atoms with Crippen LogP contribution in [-0.2, 0) is 16.2 Å². The molecule has 0 spiro atoms. The number of rotatable bonds is 12. The number of aromatic nitrogens is 3. The van der Waals surface area contributed by atoms with Crippen LogP contribution >= 0.6 is 15.9 Å². The van der Waals surface area contributed by atoms with Crippen LogP contribution in [0.4, 0.5) is 0 Å². The van der Waals surface area contributed by atoms with Crippen LogP contribution in [-0.4, -0.2) is 50.9 Å². The van der Waals surface area contributed by atoms with Gasteiger partial charge in [-0.1, -0.05) is 39.3 Å². The summed E-state index contributed by atoms with van der Waals surface area (Å²) in [5.74, 6) is 0.688. The van der Waals surface area contributed by atoms with E-state index in [1.165, 1.54) is 0 Å². The number of aryl methyl sites for hydroxylation is 1. The van der Waals surface area contributed by atoms with Crippen LogP contribution in [0.25, 0.3) is 11.3 Å². The van der Waals surface area contributed by atoms with Gasteiger partial charge in [-0.15, -0.1) is 0 Å². The Morgan fingerprint density at radius 2 is 1.58 bits per heavy atom. The van der Waals surface area contributed by atoms with Crippen molar-refractivity contribution >= 4 is 32.1 Å². The number of pyridine rings is 1. The number of nitrogens with zero attached hydrogens (tertiary/aromatic N) is 3. The molecule has 6 nitrogen and oxygen atoms in total. The molecule has 0 radical (unpaired) electrons. The summed E-state index contributed by atoms with van der Waals surface area (Å²) in [7, 11) is -2.22. The molecule has 0 aliphatic carbocycles. The van der Waals surface area contributed by atoms with Crippen molar-refractivity contribution in [1.29, 1.82) is 0 Å². The second kappa shape index (κ2) is 11.2. The van der Waals surface area contributed by atoms with Gasteiger partial charge in [-0.2, -0.15) is 5.10 Å². The molecule has 0 atom stereocenters. The Hall–Kier alpha value is -1.01. The molecule has 2 aromatic rings. The average Bonchev–Trinajstić information content (AvgIpc) is 2.91. The van der Waals surface area contributed by atoms with Crippen molar-refractivity contribution in [3.8, 4) is 17.0 Å². The van der Waals surface area contributed by atoms with E-state index < -0.39 is 16.1 Å². The van der Waals surface area contributed by atoms with Crippen molar-refractivity contribution in [3.05, 3.63) is 28.1 Å². The maximum atomic E-state index is 5.98. The van der Waals surface area contributed by atoms with Crippen molar-refractivity contribution in [2.45, 2.75) is 71.9 Å². The van der Waals surface area contributed by atoms with Crippen LogP contribution < -0.4 is 4.74 Å². The predicted octanol–water partition coefficient (Wildman–Crippen LogP) is 6.33. The second-order valence-electron chi connectivity index (χ2n) is 10.4.